The lowest BCUT2D eigenvalue weighted by atomic mass is 10.2. The molecule has 0 aliphatic rings. The third-order valence-corrected chi connectivity index (χ3v) is 3.82. The summed E-state index contributed by atoms with van der Waals surface area (Å²) in [6.07, 6.45) is 1.72. The van der Waals surface area contributed by atoms with Crippen LogP contribution in [0.1, 0.15) is 12.0 Å². The minimum atomic E-state index is -0.469. The summed E-state index contributed by atoms with van der Waals surface area (Å²) in [6, 6.07) is 9.47. The van der Waals surface area contributed by atoms with E-state index in [4.69, 9.17) is 0 Å². The van der Waals surface area contributed by atoms with Gasteiger partial charge in [-0.1, -0.05) is 6.07 Å². The van der Waals surface area contributed by atoms with E-state index < -0.39 is 4.92 Å². The van der Waals surface area contributed by atoms with E-state index in [0.29, 0.717) is 11.2 Å². The number of benzene rings is 2. The van der Waals surface area contributed by atoms with E-state index in [0.717, 1.165) is 10.9 Å². The summed E-state index contributed by atoms with van der Waals surface area (Å²) >= 11 is 0. The second-order valence-corrected chi connectivity index (χ2v) is 5.69. The van der Waals surface area contributed by atoms with Crippen molar-refractivity contribution in [2.75, 3.05) is 5.32 Å². The predicted molar refractivity (Wildman–Crippen MR) is 92.5 cm³/mol. The molecule has 1 heterocycles. The summed E-state index contributed by atoms with van der Waals surface area (Å²) in [5.41, 5.74) is 1.81. The Hall–Kier alpha value is -3.42. The molecule has 0 atom stereocenters. The molecular formula is C17H16N4O4. The van der Waals surface area contributed by atoms with Crippen LogP contribution < -0.4 is 5.32 Å². The van der Waals surface area contributed by atoms with Gasteiger partial charge >= 0.3 is 0 Å². The van der Waals surface area contributed by atoms with Crippen molar-refractivity contribution in [3.8, 4) is 5.75 Å². The first kappa shape index (κ1) is 16.4. The molecule has 0 aliphatic carbocycles. The van der Waals surface area contributed by atoms with Crippen molar-refractivity contribution >= 4 is 28.2 Å². The third kappa shape index (κ3) is 3.57. The van der Waals surface area contributed by atoms with Crippen LogP contribution >= 0.6 is 0 Å². The number of amides is 1. The molecule has 3 aromatic rings. The standard InChI is InChI=1S/C17H16N4O4/c1-11-2-5-14(16(22)8-11)19-17(23)6-7-20-15-9-13(21(24)25)4-3-12(15)10-18-20/h2-5,8-10,22H,6-7H2,1H3,(H,19,23). The van der Waals surface area contributed by atoms with E-state index in [-0.39, 0.29) is 30.3 Å². The number of aryl methyl sites for hydroxylation is 2. The summed E-state index contributed by atoms with van der Waals surface area (Å²) in [7, 11) is 0. The van der Waals surface area contributed by atoms with Crippen LogP contribution in [0.15, 0.2) is 42.6 Å². The molecule has 0 aliphatic heterocycles. The molecule has 1 aromatic heterocycles. The van der Waals surface area contributed by atoms with Crippen LogP contribution in [-0.4, -0.2) is 25.7 Å². The average Bonchev–Trinajstić information content (AvgIpc) is 2.98. The van der Waals surface area contributed by atoms with Gasteiger partial charge in [0.1, 0.15) is 5.75 Å². The van der Waals surface area contributed by atoms with Gasteiger partial charge in [-0.2, -0.15) is 5.10 Å². The van der Waals surface area contributed by atoms with Crippen LogP contribution in [0.2, 0.25) is 0 Å². The van der Waals surface area contributed by atoms with Crippen LogP contribution in [0.5, 0.6) is 5.75 Å². The number of phenols is 1. The first-order valence-electron chi connectivity index (χ1n) is 7.63. The maximum atomic E-state index is 12.1. The van der Waals surface area contributed by atoms with Crippen LogP contribution in [-0.2, 0) is 11.3 Å². The fourth-order valence-electron chi connectivity index (χ4n) is 2.52. The van der Waals surface area contributed by atoms with Crippen molar-refractivity contribution in [3.05, 3.63) is 58.3 Å². The van der Waals surface area contributed by atoms with Crippen molar-refractivity contribution in [2.24, 2.45) is 0 Å². The largest absolute Gasteiger partial charge is 0.506 e. The van der Waals surface area contributed by atoms with Gasteiger partial charge in [0, 0.05) is 23.9 Å². The zero-order valence-electron chi connectivity index (χ0n) is 13.5. The lowest BCUT2D eigenvalue weighted by Crippen LogP contribution is -2.15. The Bertz CT molecular complexity index is 964. The lowest BCUT2D eigenvalue weighted by molar-refractivity contribution is -0.384. The van der Waals surface area contributed by atoms with E-state index in [1.54, 1.807) is 35.1 Å². The molecule has 0 bridgehead atoms. The van der Waals surface area contributed by atoms with Gasteiger partial charge in [0.2, 0.25) is 5.91 Å². The molecule has 2 aromatic carbocycles. The number of hydrogen-bond donors (Lipinski definition) is 2. The van der Waals surface area contributed by atoms with Gasteiger partial charge in [-0.25, -0.2) is 0 Å². The number of non-ortho nitro benzene ring substituents is 1. The number of fused-ring (bicyclic) bond motifs is 1. The number of aromatic nitrogens is 2. The lowest BCUT2D eigenvalue weighted by Gasteiger charge is -2.08. The highest BCUT2D eigenvalue weighted by molar-refractivity contribution is 5.92. The number of phenolic OH excluding ortho intramolecular Hbond substituents is 1. The maximum absolute atomic E-state index is 12.1. The van der Waals surface area contributed by atoms with Gasteiger partial charge in [-0.15, -0.1) is 0 Å². The Morgan fingerprint density at radius 2 is 2.12 bits per heavy atom. The number of carbonyl (C=O) groups excluding carboxylic acids is 1. The molecule has 3 rings (SSSR count). The molecule has 0 saturated heterocycles. The number of rotatable bonds is 5. The minimum absolute atomic E-state index is 0.00788. The van der Waals surface area contributed by atoms with Crippen LogP contribution in [0.4, 0.5) is 11.4 Å². The molecule has 0 spiro atoms. The molecule has 1 amide bonds. The number of anilines is 1. The molecule has 0 saturated carbocycles. The Morgan fingerprint density at radius 1 is 1.32 bits per heavy atom. The minimum Gasteiger partial charge on any atom is -0.506 e. The highest BCUT2D eigenvalue weighted by atomic mass is 16.6. The Kier molecular flexibility index (Phi) is 4.34. The summed E-state index contributed by atoms with van der Waals surface area (Å²) in [4.78, 5) is 22.5. The van der Waals surface area contributed by atoms with Gasteiger partial charge in [0.25, 0.3) is 5.69 Å². The Morgan fingerprint density at radius 3 is 2.84 bits per heavy atom. The van der Waals surface area contributed by atoms with Crippen LogP contribution in [0.25, 0.3) is 10.9 Å². The predicted octanol–water partition coefficient (Wildman–Crippen LogP) is 2.99. The highest BCUT2D eigenvalue weighted by Gasteiger charge is 2.12. The number of nitrogens with zero attached hydrogens (tertiary/aromatic N) is 3. The second kappa shape index (κ2) is 6.60. The monoisotopic (exact) mass is 340 g/mol. The number of aromatic hydroxyl groups is 1. The summed E-state index contributed by atoms with van der Waals surface area (Å²) in [6.45, 7) is 2.11. The molecule has 0 radical (unpaired) electrons. The van der Waals surface area contributed by atoms with Crippen molar-refractivity contribution in [1.29, 1.82) is 0 Å². The van der Waals surface area contributed by atoms with E-state index >= 15 is 0 Å². The summed E-state index contributed by atoms with van der Waals surface area (Å²) in [5, 5.41) is 28.3. The highest BCUT2D eigenvalue weighted by Crippen LogP contribution is 2.24. The van der Waals surface area contributed by atoms with Gasteiger partial charge < -0.3 is 10.4 Å². The van der Waals surface area contributed by atoms with Gasteiger partial charge in [0.15, 0.2) is 0 Å². The smallest absolute Gasteiger partial charge is 0.271 e. The average molecular weight is 340 g/mol. The van der Waals surface area contributed by atoms with E-state index in [9.17, 15) is 20.0 Å². The van der Waals surface area contributed by atoms with E-state index in [1.807, 2.05) is 6.92 Å². The van der Waals surface area contributed by atoms with Gasteiger partial charge in [0.05, 0.1) is 28.9 Å². The third-order valence-electron chi connectivity index (χ3n) is 3.82. The molecule has 2 N–H and O–H groups in total. The SMILES string of the molecule is Cc1ccc(NC(=O)CCn2ncc3ccc([N+](=O)[O-])cc32)c(O)c1. The van der Waals surface area contributed by atoms with Crippen LogP contribution in [0.3, 0.4) is 0 Å². The second-order valence-electron chi connectivity index (χ2n) is 5.69. The molecule has 0 fully saturated rings. The number of hydrogen-bond acceptors (Lipinski definition) is 5. The number of carbonyl (C=O) groups is 1. The fraction of sp³-hybridized carbons (Fsp3) is 0.176. The van der Waals surface area contributed by atoms with Crippen molar-refractivity contribution in [2.45, 2.75) is 19.9 Å². The van der Waals surface area contributed by atoms with Gasteiger partial charge in [-0.3, -0.25) is 19.6 Å². The normalized spacial score (nSPS) is 10.8. The first-order valence-corrected chi connectivity index (χ1v) is 7.63. The van der Waals surface area contributed by atoms with Crippen molar-refractivity contribution < 1.29 is 14.8 Å². The number of nitrogens with one attached hydrogen (secondary N) is 1. The Balaban J connectivity index is 1.70. The number of nitro benzene ring substituents is 1. The molecule has 8 heteroatoms. The molecule has 128 valence electrons. The quantitative estimate of drug-likeness (QED) is 0.421. The van der Waals surface area contributed by atoms with Crippen molar-refractivity contribution in [3.63, 3.8) is 0 Å². The zero-order chi connectivity index (χ0) is 18.0. The Labute approximate surface area is 142 Å². The van der Waals surface area contributed by atoms with E-state index in [2.05, 4.69) is 10.4 Å². The van der Waals surface area contributed by atoms with Crippen molar-refractivity contribution in [1.82, 2.24) is 9.78 Å². The zero-order valence-corrected chi connectivity index (χ0v) is 13.5. The summed E-state index contributed by atoms with van der Waals surface area (Å²) in [5.74, 6) is -0.276. The topological polar surface area (TPSA) is 110 Å². The van der Waals surface area contributed by atoms with Gasteiger partial charge in [-0.05, 0) is 30.7 Å². The van der Waals surface area contributed by atoms with Crippen LogP contribution in [0, 0.1) is 17.0 Å². The molecule has 8 nitrogen and oxygen atoms in total. The maximum Gasteiger partial charge on any atom is 0.271 e. The summed E-state index contributed by atoms with van der Waals surface area (Å²) < 4.78 is 1.55. The fourth-order valence-corrected chi connectivity index (χ4v) is 2.52. The molecular weight excluding hydrogens is 324 g/mol. The molecule has 25 heavy (non-hydrogen) atoms. The molecule has 0 unspecified atom stereocenters. The number of nitro groups is 1. The first-order chi connectivity index (χ1) is 11.9. The van der Waals surface area contributed by atoms with E-state index in [1.165, 1.54) is 12.1 Å².